The zero-order valence-electron chi connectivity index (χ0n) is 8.92. The van der Waals surface area contributed by atoms with Crippen LogP contribution in [-0.4, -0.2) is 29.6 Å². The minimum absolute atomic E-state index is 0.488. The van der Waals surface area contributed by atoms with E-state index in [2.05, 4.69) is 20.6 Å². The second-order valence-electron chi connectivity index (χ2n) is 4.54. The molecular weight excluding hydrogens is 188 g/mol. The molecule has 1 atom stereocenters. The zero-order chi connectivity index (χ0) is 10.1. The van der Waals surface area contributed by atoms with E-state index in [0.717, 1.165) is 32.0 Å². The highest BCUT2D eigenvalue weighted by Crippen LogP contribution is 2.31. The minimum Gasteiger partial charge on any atom is -0.348 e. The lowest BCUT2D eigenvalue weighted by Gasteiger charge is -2.33. The maximum atomic E-state index is 4.47. The molecule has 4 nitrogen and oxygen atoms in total. The van der Waals surface area contributed by atoms with Crippen LogP contribution in [0.5, 0.6) is 0 Å². The molecule has 0 bridgehead atoms. The summed E-state index contributed by atoms with van der Waals surface area (Å²) in [6, 6.07) is 0.488. The van der Waals surface area contributed by atoms with Crippen LogP contribution in [0.3, 0.4) is 0 Å². The van der Waals surface area contributed by atoms with Gasteiger partial charge in [-0.1, -0.05) is 0 Å². The lowest BCUT2D eigenvalue weighted by atomic mass is 9.86. The van der Waals surface area contributed by atoms with Gasteiger partial charge >= 0.3 is 0 Å². The van der Waals surface area contributed by atoms with Crippen LogP contribution in [0.25, 0.3) is 0 Å². The Balaban J connectivity index is 1.82. The van der Waals surface area contributed by atoms with Crippen molar-refractivity contribution >= 4 is 0 Å². The number of piperidine rings is 1. The Bertz CT molecular complexity index is 327. The Kier molecular flexibility index (Phi) is 2.46. The van der Waals surface area contributed by atoms with E-state index in [4.69, 9.17) is 0 Å². The average Bonchev–Trinajstić information content (AvgIpc) is 2.78. The third-order valence-corrected chi connectivity index (χ3v) is 3.64. The Morgan fingerprint density at radius 2 is 2.07 bits per heavy atom. The summed E-state index contributed by atoms with van der Waals surface area (Å²) >= 11 is 0. The molecule has 0 radical (unpaired) electrons. The third kappa shape index (κ3) is 1.68. The fraction of sp³-hybridized carbons (Fsp3) is 0.727. The first kappa shape index (κ1) is 9.36. The van der Waals surface area contributed by atoms with Gasteiger partial charge < -0.3 is 15.6 Å². The summed E-state index contributed by atoms with van der Waals surface area (Å²) in [5.41, 5.74) is 2.62. The number of aromatic nitrogens is 2. The maximum Gasteiger partial charge on any atom is 0.0925 e. The highest BCUT2D eigenvalue weighted by molar-refractivity contribution is 5.20. The number of hydrogen-bond donors (Lipinski definition) is 3. The van der Waals surface area contributed by atoms with E-state index in [-0.39, 0.29) is 0 Å². The van der Waals surface area contributed by atoms with Gasteiger partial charge in [-0.3, -0.25) is 0 Å². The van der Waals surface area contributed by atoms with Gasteiger partial charge in [0.25, 0.3) is 0 Å². The number of nitrogens with one attached hydrogen (secondary N) is 3. The molecule has 1 fully saturated rings. The lowest BCUT2D eigenvalue weighted by molar-refractivity contribution is 0.271. The number of fused-ring (bicyclic) bond motifs is 1. The van der Waals surface area contributed by atoms with Gasteiger partial charge in [-0.2, -0.15) is 0 Å². The van der Waals surface area contributed by atoms with E-state index in [1.165, 1.54) is 24.2 Å². The monoisotopic (exact) mass is 206 g/mol. The van der Waals surface area contributed by atoms with Crippen molar-refractivity contribution in [1.29, 1.82) is 0 Å². The van der Waals surface area contributed by atoms with Crippen molar-refractivity contribution in [2.75, 3.05) is 19.6 Å². The van der Waals surface area contributed by atoms with Gasteiger partial charge in [0, 0.05) is 18.7 Å². The maximum absolute atomic E-state index is 4.47. The van der Waals surface area contributed by atoms with Gasteiger partial charge in [-0.15, -0.1) is 0 Å². The molecule has 3 N–H and O–H groups in total. The molecule has 1 aromatic heterocycles. The van der Waals surface area contributed by atoms with Crippen LogP contribution in [0.4, 0.5) is 0 Å². The zero-order valence-corrected chi connectivity index (χ0v) is 8.92. The molecule has 2 aliphatic rings. The number of hydrogen-bond acceptors (Lipinski definition) is 3. The number of aromatic amines is 1. The summed E-state index contributed by atoms with van der Waals surface area (Å²) in [6.45, 7) is 3.40. The molecular formula is C11H18N4. The molecule has 1 aromatic rings. The van der Waals surface area contributed by atoms with Gasteiger partial charge in [-0.25, -0.2) is 4.98 Å². The van der Waals surface area contributed by atoms with Crippen molar-refractivity contribution in [3.8, 4) is 0 Å². The molecule has 3 rings (SSSR count). The number of H-pyrrole nitrogens is 1. The summed E-state index contributed by atoms with van der Waals surface area (Å²) in [7, 11) is 0. The molecule has 1 saturated heterocycles. The summed E-state index contributed by atoms with van der Waals surface area (Å²) in [5.74, 6) is 0.758. The Morgan fingerprint density at radius 1 is 1.20 bits per heavy atom. The SMILES string of the molecule is c1nc2c([nH]1)CCNC2C1CCNCC1. The molecule has 0 aromatic carbocycles. The van der Waals surface area contributed by atoms with Gasteiger partial charge in [-0.05, 0) is 31.8 Å². The van der Waals surface area contributed by atoms with Gasteiger partial charge in [0.1, 0.15) is 0 Å². The predicted octanol–water partition coefficient (Wildman–Crippen LogP) is 0.596. The fourth-order valence-corrected chi connectivity index (χ4v) is 2.82. The van der Waals surface area contributed by atoms with Crippen LogP contribution in [0.2, 0.25) is 0 Å². The van der Waals surface area contributed by atoms with E-state index in [9.17, 15) is 0 Å². The smallest absolute Gasteiger partial charge is 0.0925 e. The van der Waals surface area contributed by atoms with Crippen LogP contribution in [0.1, 0.15) is 30.3 Å². The molecule has 3 heterocycles. The summed E-state index contributed by atoms with van der Waals surface area (Å²) < 4.78 is 0. The van der Waals surface area contributed by atoms with Crippen molar-refractivity contribution in [2.24, 2.45) is 5.92 Å². The first-order valence-electron chi connectivity index (χ1n) is 5.91. The molecule has 0 spiro atoms. The molecule has 4 heteroatoms. The van der Waals surface area contributed by atoms with E-state index in [0.29, 0.717) is 6.04 Å². The van der Waals surface area contributed by atoms with E-state index >= 15 is 0 Å². The number of imidazole rings is 1. The first-order valence-corrected chi connectivity index (χ1v) is 5.91. The quantitative estimate of drug-likeness (QED) is 0.630. The summed E-state index contributed by atoms with van der Waals surface area (Å²) in [5, 5.41) is 7.04. The van der Waals surface area contributed by atoms with Crippen LogP contribution in [0, 0.1) is 5.92 Å². The largest absolute Gasteiger partial charge is 0.348 e. The van der Waals surface area contributed by atoms with Crippen LogP contribution in [0.15, 0.2) is 6.33 Å². The van der Waals surface area contributed by atoms with E-state index in [1.54, 1.807) is 0 Å². The molecule has 82 valence electrons. The Morgan fingerprint density at radius 3 is 2.93 bits per heavy atom. The average molecular weight is 206 g/mol. The van der Waals surface area contributed by atoms with Crippen LogP contribution < -0.4 is 10.6 Å². The highest BCUT2D eigenvalue weighted by atomic mass is 15.0. The fourth-order valence-electron chi connectivity index (χ4n) is 2.82. The van der Waals surface area contributed by atoms with Gasteiger partial charge in [0.05, 0.1) is 18.1 Å². The van der Waals surface area contributed by atoms with E-state index < -0.39 is 0 Å². The summed E-state index contributed by atoms with van der Waals surface area (Å²) in [6.07, 6.45) is 5.47. The van der Waals surface area contributed by atoms with Crippen molar-refractivity contribution in [3.63, 3.8) is 0 Å². The predicted molar refractivity (Wildman–Crippen MR) is 58.6 cm³/mol. The van der Waals surface area contributed by atoms with Gasteiger partial charge in [0.2, 0.25) is 0 Å². The van der Waals surface area contributed by atoms with Crippen LogP contribution in [-0.2, 0) is 6.42 Å². The van der Waals surface area contributed by atoms with Gasteiger partial charge in [0.15, 0.2) is 0 Å². The minimum atomic E-state index is 0.488. The standard InChI is InChI=1S/C11H18N4/c1-4-12-5-2-8(1)10-11-9(3-6-13-10)14-7-15-11/h7-8,10,12-13H,1-6H2,(H,14,15). The van der Waals surface area contributed by atoms with E-state index in [1.807, 2.05) is 6.33 Å². The topological polar surface area (TPSA) is 52.7 Å². The Hall–Kier alpha value is -0.870. The van der Waals surface area contributed by atoms with Crippen molar-refractivity contribution in [1.82, 2.24) is 20.6 Å². The first-order chi connectivity index (χ1) is 7.45. The second kappa shape index (κ2) is 3.94. The lowest BCUT2D eigenvalue weighted by Crippen LogP contribution is -2.39. The molecule has 15 heavy (non-hydrogen) atoms. The number of nitrogens with zero attached hydrogens (tertiary/aromatic N) is 1. The summed E-state index contributed by atoms with van der Waals surface area (Å²) in [4.78, 5) is 7.73. The van der Waals surface area contributed by atoms with Crippen LogP contribution >= 0.6 is 0 Å². The van der Waals surface area contributed by atoms with Crippen molar-refractivity contribution in [3.05, 3.63) is 17.7 Å². The molecule has 2 aliphatic heterocycles. The molecule has 0 amide bonds. The second-order valence-corrected chi connectivity index (χ2v) is 4.54. The molecule has 1 unspecified atom stereocenters. The normalized spacial score (nSPS) is 27.6. The van der Waals surface area contributed by atoms with Crippen molar-refractivity contribution in [2.45, 2.75) is 25.3 Å². The van der Waals surface area contributed by atoms with Crippen molar-refractivity contribution < 1.29 is 0 Å². The third-order valence-electron chi connectivity index (χ3n) is 3.64. The molecule has 0 aliphatic carbocycles. The number of rotatable bonds is 1. The Labute approximate surface area is 89.9 Å². The highest BCUT2D eigenvalue weighted by Gasteiger charge is 2.30. The molecule has 0 saturated carbocycles.